The molecule has 0 saturated heterocycles. The summed E-state index contributed by atoms with van der Waals surface area (Å²) in [7, 11) is 1.69. The molecule has 0 unspecified atom stereocenters. The van der Waals surface area contributed by atoms with Crippen molar-refractivity contribution in [2.24, 2.45) is 0 Å². The van der Waals surface area contributed by atoms with Crippen LogP contribution in [0.5, 0.6) is 0 Å². The Kier molecular flexibility index (Phi) is 6.93. The van der Waals surface area contributed by atoms with Crippen molar-refractivity contribution < 1.29 is 19.2 Å². The van der Waals surface area contributed by atoms with E-state index in [1.54, 1.807) is 59.3 Å². The van der Waals surface area contributed by atoms with Gasteiger partial charge in [-0.1, -0.05) is 18.2 Å². The van der Waals surface area contributed by atoms with Gasteiger partial charge in [-0.05, 0) is 57.1 Å². The fourth-order valence-electron chi connectivity index (χ4n) is 4.01. The number of nitrogens with zero attached hydrogens (tertiary/aromatic N) is 2. The third kappa shape index (κ3) is 5.79. The molecular weight excluding hydrogens is 434 g/mol. The molecule has 4 amide bonds. The number of hydrogen-bond donors (Lipinski definition) is 3. The van der Waals surface area contributed by atoms with Gasteiger partial charge in [-0.15, -0.1) is 0 Å². The Labute approximate surface area is 198 Å². The average molecular weight is 464 g/mol. The van der Waals surface area contributed by atoms with Crippen LogP contribution in [0.4, 0.5) is 17.1 Å². The molecule has 1 aliphatic heterocycles. The average Bonchev–Trinajstić information content (AvgIpc) is 3.59. The molecule has 0 bridgehead atoms. The first-order valence-corrected chi connectivity index (χ1v) is 11.4. The zero-order valence-corrected chi connectivity index (χ0v) is 19.3. The lowest BCUT2D eigenvalue weighted by Gasteiger charge is -2.29. The van der Waals surface area contributed by atoms with Crippen LogP contribution in [0.3, 0.4) is 0 Å². The number of carbonyl (C=O) groups excluding carboxylic acids is 4. The van der Waals surface area contributed by atoms with Crippen molar-refractivity contribution in [2.75, 3.05) is 35.7 Å². The first-order chi connectivity index (χ1) is 16.3. The second-order valence-electron chi connectivity index (χ2n) is 8.93. The zero-order chi connectivity index (χ0) is 24.2. The van der Waals surface area contributed by atoms with E-state index in [1.165, 1.54) is 0 Å². The molecule has 2 aliphatic rings. The van der Waals surface area contributed by atoms with Crippen molar-refractivity contribution in [3.8, 4) is 0 Å². The van der Waals surface area contributed by atoms with E-state index in [-0.39, 0.29) is 55.2 Å². The molecule has 178 valence electrons. The number of amides is 4. The minimum absolute atomic E-state index is 0.00409. The fourth-order valence-corrected chi connectivity index (χ4v) is 4.01. The summed E-state index contributed by atoms with van der Waals surface area (Å²) in [6, 6.07) is 13.9. The van der Waals surface area contributed by atoms with Crippen LogP contribution < -0.4 is 20.9 Å². The number of anilines is 3. The molecule has 4 rings (SSSR count). The van der Waals surface area contributed by atoms with Crippen molar-refractivity contribution in [2.45, 2.75) is 38.3 Å². The monoisotopic (exact) mass is 463 g/mol. The van der Waals surface area contributed by atoms with E-state index in [2.05, 4.69) is 16.0 Å². The standard InChI is InChI=1S/C25H29N5O4/c1-16-12-22(31)28-20-8-3-4-9-21(20)30(16)24(33)15-29(2)14-23(32)26-19-7-5-6-17(13-19)25(34)27-18-10-11-18/h3-9,13,16,18H,10-12,14-15H2,1-2H3,(H,26,32)(H,27,34)(H,28,31)/t16-/m1/s1. The Bertz CT molecular complexity index is 1110. The molecule has 1 saturated carbocycles. The molecule has 1 aliphatic carbocycles. The molecule has 9 heteroatoms. The fraction of sp³-hybridized carbons (Fsp3) is 0.360. The predicted octanol–water partition coefficient (Wildman–Crippen LogP) is 2.21. The number of carbonyl (C=O) groups is 4. The Morgan fingerprint density at radius 1 is 1.09 bits per heavy atom. The molecule has 2 aromatic carbocycles. The van der Waals surface area contributed by atoms with E-state index in [4.69, 9.17) is 0 Å². The highest BCUT2D eigenvalue weighted by Gasteiger charge is 2.30. The number of benzene rings is 2. The highest BCUT2D eigenvalue weighted by Crippen LogP contribution is 2.31. The van der Waals surface area contributed by atoms with Gasteiger partial charge in [-0.25, -0.2) is 0 Å². The van der Waals surface area contributed by atoms with Crippen LogP contribution in [0.15, 0.2) is 48.5 Å². The molecule has 3 N–H and O–H groups in total. The van der Waals surface area contributed by atoms with Gasteiger partial charge >= 0.3 is 0 Å². The second kappa shape index (κ2) is 10.0. The van der Waals surface area contributed by atoms with Gasteiger partial charge in [-0.2, -0.15) is 0 Å². The van der Waals surface area contributed by atoms with Crippen molar-refractivity contribution >= 4 is 40.7 Å². The lowest BCUT2D eigenvalue weighted by atomic mass is 10.1. The summed E-state index contributed by atoms with van der Waals surface area (Å²) in [6.07, 6.45) is 2.19. The van der Waals surface area contributed by atoms with Gasteiger partial charge in [0.1, 0.15) is 0 Å². The maximum atomic E-state index is 13.2. The largest absolute Gasteiger partial charge is 0.349 e. The van der Waals surface area contributed by atoms with Crippen LogP contribution in [0.2, 0.25) is 0 Å². The summed E-state index contributed by atoms with van der Waals surface area (Å²) >= 11 is 0. The quantitative estimate of drug-likeness (QED) is 0.583. The van der Waals surface area contributed by atoms with Crippen molar-refractivity contribution in [1.82, 2.24) is 10.2 Å². The molecule has 2 aromatic rings. The van der Waals surface area contributed by atoms with Gasteiger partial charge in [0, 0.05) is 29.8 Å². The number of likely N-dealkylation sites (N-methyl/N-ethyl adjacent to an activating group) is 1. The smallest absolute Gasteiger partial charge is 0.251 e. The SMILES string of the molecule is C[C@@H]1CC(=O)Nc2ccccc2N1C(=O)CN(C)CC(=O)Nc1cccc(C(=O)NC2CC2)c1. The topological polar surface area (TPSA) is 111 Å². The van der Waals surface area contributed by atoms with Gasteiger partial charge in [0.2, 0.25) is 17.7 Å². The summed E-state index contributed by atoms with van der Waals surface area (Å²) in [5.41, 5.74) is 2.25. The van der Waals surface area contributed by atoms with Gasteiger partial charge in [0.15, 0.2) is 0 Å². The molecule has 0 spiro atoms. The van der Waals surface area contributed by atoms with E-state index >= 15 is 0 Å². The Morgan fingerprint density at radius 3 is 2.62 bits per heavy atom. The maximum absolute atomic E-state index is 13.2. The minimum Gasteiger partial charge on any atom is -0.349 e. The summed E-state index contributed by atoms with van der Waals surface area (Å²) in [5.74, 6) is -0.793. The third-order valence-corrected chi connectivity index (χ3v) is 5.77. The van der Waals surface area contributed by atoms with Crippen LogP contribution in [0.1, 0.15) is 36.5 Å². The number of rotatable bonds is 7. The zero-order valence-electron chi connectivity index (χ0n) is 19.3. The van der Waals surface area contributed by atoms with E-state index < -0.39 is 0 Å². The van der Waals surface area contributed by atoms with Gasteiger partial charge in [0.25, 0.3) is 5.91 Å². The van der Waals surface area contributed by atoms with E-state index in [0.717, 1.165) is 12.8 Å². The molecular formula is C25H29N5O4. The molecule has 1 heterocycles. The highest BCUT2D eigenvalue weighted by molar-refractivity contribution is 6.05. The summed E-state index contributed by atoms with van der Waals surface area (Å²) in [4.78, 5) is 53.4. The number of para-hydroxylation sites is 2. The van der Waals surface area contributed by atoms with Crippen molar-refractivity contribution in [3.05, 3.63) is 54.1 Å². The summed E-state index contributed by atoms with van der Waals surface area (Å²) in [6.45, 7) is 1.83. The Balaban J connectivity index is 1.35. The number of hydrogen-bond acceptors (Lipinski definition) is 5. The van der Waals surface area contributed by atoms with E-state index in [0.29, 0.717) is 22.6 Å². The molecule has 9 nitrogen and oxygen atoms in total. The Morgan fingerprint density at radius 2 is 1.85 bits per heavy atom. The van der Waals surface area contributed by atoms with Crippen molar-refractivity contribution in [3.63, 3.8) is 0 Å². The normalized spacial score (nSPS) is 17.4. The predicted molar refractivity (Wildman–Crippen MR) is 130 cm³/mol. The van der Waals surface area contributed by atoms with Crippen LogP contribution in [-0.2, 0) is 14.4 Å². The van der Waals surface area contributed by atoms with Crippen LogP contribution >= 0.6 is 0 Å². The first-order valence-electron chi connectivity index (χ1n) is 11.4. The Hall–Kier alpha value is -3.72. The minimum atomic E-state index is -0.317. The first kappa shape index (κ1) is 23.4. The van der Waals surface area contributed by atoms with Gasteiger partial charge in [0.05, 0.1) is 24.5 Å². The van der Waals surface area contributed by atoms with E-state index in [1.807, 2.05) is 13.0 Å². The third-order valence-electron chi connectivity index (χ3n) is 5.77. The lowest BCUT2D eigenvalue weighted by Crippen LogP contribution is -2.45. The number of fused-ring (bicyclic) bond motifs is 1. The number of nitrogens with one attached hydrogen (secondary N) is 3. The molecule has 34 heavy (non-hydrogen) atoms. The molecule has 0 aromatic heterocycles. The summed E-state index contributed by atoms with van der Waals surface area (Å²) in [5, 5.41) is 8.55. The van der Waals surface area contributed by atoms with Gasteiger partial charge < -0.3 is 20.9 Å². The maximum Gasteiger partial charge on any atom is 0.251 e. The molecule has 0 radical (unpaired) electrons. The highest BCUT2D eigenvalue weighted by atomic mass is 16.2. The van der Waals surface area contributed by atoms with Crippen LogP contribution in [0, 0.1) is 0 Å². The van der Waals surface area contributed by atoms with E-state index in [9.17, 15) is 19.2 Å². The molecule has 1 atom stereocenters. The lowest BCUT2D eigenvalue weighted by molar-refractivity contribution is -0.121. The second-order valence-corrected chi connectivity index (χ2v) is 8.93. The molecule has 1 fully saturated rings. The summed E-state index contributed by atoms with van der Waals surface area (Å²) < 4.78 is 0. The van der Waals surface area contributed by atoms with Crippen LogP contribution in [0.25, 0.3) is 0 Å². The van der Waals surface area contributed by atoms with Crippen molar-refractivity contribution in [1.29, 1.82) is 0 Å². The van der Waals surface area contributed by atoms with Gasteiger partial charge in [-0.3, -0.25) is 24.1 Å². The van der Waals surface area contributed by atoms with Crippen LogP contribution in [-0.4, -0.2) is 60.7 Å².